The first-order chi connectivity index (χ1) is 7.41. The summed E-state index contributed by atoms with van der Waals surface area (Å²) < 4.78 is 22.8. The highest BCUT2D eigenvalue weighted by Crippen LogP contribution is 2.30. The van der Waals surface area contributed by atoms with Gasteiger partial charge < -0.3 is 5.11 Å². The van der Waals surface area contributed by atoms with E-state index >= 15 is 0 Å². The maximum atomic E-state index is 11.4. The molecular weight excluding hydrogens is 230 g/mol. The summed E-state index contributed by atoms with van der Waals surface area (Å²) in [6, 6.07) is -0.589. The van der Waals surface area contributed by atoms with Gasteiger partial charge in [0.05, 0.1) is 11.5 Å². The lowest BCUT2D eigenvalue weighted by molar-refractivity contribution is -0.144. The number of hydrogen-bond acceptors (Lipinski definition) is 4. The quantitative estimate of drug-likeness (QED) is 0.741. The van der Waals surface area contributed by atoms with Gasteiger partial charge in [0.15, 0.2) is 9.84 Å². The standard InChI is InChI=1S/C10H17NO4S/c1-7-2-4-11(9(7)10(12)13)8-3-5-16(14,15)6-8/h7-9H,2-6H2,1H3,(H,12,13). The van der Waals surface area contributed by atoms with Crippen LogP contribution in [0.2, 0.25) is 0 Å². The zero-order valence-corrected chi connectivity index (χ0v) is 10.1. The third kappa shape index (κ3) is 2.08. The molecule has 6 heteroatoms. The smallest absolute Gasteiger partial charge is 0.321 e. The van der Waals surface area contributed by atoms with Gasteiger partial charge in [-0.2, -0.15) is 0 Å². The number of hydrogen-bond donors (Lipinski definition) is 1. The average molecular weight is 247 g/mol. The van der Waals surface area contributed by atoms with Crippen molar-refractivity contribution in [2.45, 2.75) is 31.8 Å². The number of nitrogens with zero attached hydrogens (tertiary/aromatic N) is 1. The molecule has 0 aromatic heterocycles. The van der Waals surface area contributed by atoms with Gasteiger partial charge in [0.2, 0.25) is 0 Å². The van der Waals surface area contributed by atoms with Gasteiger partial charge in [-0.25, -0.2) is 8.42 Å². The van der Waals surface area contributed by atoms with Gasteiger partial charge >= 0.3 is 5.97 Å². The van der Waals surface area contributed by atoms with Crippen LogP contribution in [0.4, 0.5) is 0 Å². The molecule has 0 radical (unpaired) electrons. The van der Waals surface area contributed by atoms with E-state index in [1.165, 1.54) is 0 Å². The molecule has 2 fully saturated rings. The molecule has 0 spiro atoms. The molecule has 2 heterocycles. The first kappa shape index (κ1) is 11.9. The fourth-order valence-electron chi connectivity index (χ4n) is 2.81. The summed E-state index contributed by atoms with van der Waals surface area (Å²) in [6.45, 7) is 2.63. The summed E-state index contributed by atoms with van der Waals surface area (Å²) in [5.41, 5.74) is 0. The Balaban J connectivity index is 2.13. The van der Waals surface area contributed by atoms with Crippen LogP contribution in [0.15, 0.2) is 0 Å². The predicted molar refractivity (Wildman–Crippen MR) is 59.0 cm³/mol. The number of sulfone groups is 1. The molecule has 1 N–H and O–H groups in total. The highest BCUT2D eigenvalue weighted by molar-refractivity contribution is 7.91. The molecule has 0 bridgehead atoms. The third-order valence-corrected chi connectivity index (χ3v) is 5.42. The van der Waals surface area contributed by atoms with E-state index in [-0.39, 0.29) is 23.5 Å². The Labute approximate surface area is 95.4 Å². The first-order valence-corrected chi connectivity index (χ1v) is 7.42. The zero-order chi connectivity index (χ0) is 11.9. The van der Waals surface area contributed by atoms with Gasteiger partial charge in [0.25, 0.3) is 0 Å². The molecule has 92 valence electrons. The number of rotatable bonds is 2. The van der Waals surface area contributed by atoms with Crippen LogP contribution in [-0.4, -0.2) is 54.5 Å². The van der Waals surface area contributed by atoms with Crippen LogP contribution in [0.25, 0.3) is 0 Å². The Kier molecular flexibility index (Phi) is 2.96. The van der Waals surface area contributed by atoms with E-state index in [9.17, 15) is 13.2 Å². The van der Waals surface area contributed by atoms with Crippen molar-refractivity contribution in [2.24, 2.45) is 5.92 Å². The Morgan fingerprint density at radius 2 is 2.06 bits per heavy atom. The molecule has 0 amide bonds. The number of carboxylic acids is 1. The summed E-state index contributed by atoms with van der Waals surface area (Å²) >= 11 is 0. The van der Waals surface area contributed by atoms with Crippen molar-refractivity contribution in [3.8, 4) is 0 Å². The molecule has 2 aliphatic heterocycles. The lowest BCUT2D eigenvalue weighted by atomic mass is 10.0. The lowest BCUT2D eigenvalue weighted by Crippen LogP contribution is -2.45. The number of likely N-dealkylation sites (tertiary alicyclic amines) is 1. The van der Waals surface area contributed by atoms with Gasteiger partial charge in [0, 0.05) is 6.04 Å². The minimum Gasteiger partial charge on any atom is -0.480 e. The Morgan fingerprint density at radius 1 is 1.38 bits per heavy atom. The minimum absolute atomic E-state index is 0.0870. The van der Waals surface area contributed by atoms with Crippen molar-refractivity contribution in [1.82, 2.24) is 4.90 Å². The van der Waals surface area contributed by atoms with Crippen LogP contribution in [-0.2, 0) is 14.6 Å². The average Bonchev–Trinajstić information content (AvgIpc) is 2.68. The van der Waals surface area contributed by atoms with Crippen molar-refractivity contribution in [1.29, 1.82) is 0 Å². The van der Waals surface area contributed by atoms with Gasteiger partial charge in [-0.1, -0.05) is 6.92 Å². The van der Waals surface area contributed by atoms with E-state index in [0.717, 1.165) is 6.42 Å². The third-order valence-electron chi connectivity index (χ3n) is 3.67. The highest BCUT2D eigenvalue weighted by Gasteiger charge is 2.43. The van der Waals surface area contributed by atoms with Gasteiger partial charge in [-0.05, 0) is 25.3 Å². The second-order valence-electron chi connectivity index (χ2n) is 4.84. The van der Waals surface area contributed by atoms with E-state index in [1.807, 2.05) is 11.8 Å². The van der Waals surface area contributed by atoms with E-state index < -0.39 is 21.8 Å². The SMILES string of the molecule is CC1CCN(C2CCS(=O)(=O)C2)C1C(=O)O. The summed E-state index contributed by atoms with van der Waals surface area (Å²) in [5, 5.41) is 9.15. The molecule has 3 atom stereocenters. The van der Waals surface area contributed by atoms with Crippen LogP contribution < -0.4 is 0 Å². The van der Waals surface area contributed by atoms with Crippen LogP contribution in [0.3, 0.4) is 0 Å². The molecule has 2 aliphatic rings. The second kappa shape index (κ2) is 4.00. The van der Waals surface area contributed by atoms with Gasteiger partial charge in [-0.3, -0.25) is 9.69 Å². The fraction of sp³-hybridized carbons (Fsp3) is 0.900. The molecule has 5 nitrogen and oxygen atoms in total. The largest absolute Gasteiger partial charge is 0.480 e. The summed E-state index contributed by atoms with van der Waals surface area (Å²) in [4.78, 5) is 13.0. The highest BCUT2D eigenvalue weighted by atomic mass is 32.2. The van der Waals surface area contributed by atoms with E-state index in [0.29, 0.717) is 13.0 Å². The van der Waals surface area contributed by atoms with Crippen molar-refractivity contribution >= 4 is 15.8 Å². The number of carbonyl (C=O) groups is 1. The van der Waals surface area contributed by atoms with Crippen LogP contribution >= 0.6 is 0 Å². The summed E-state index contributed by atoms with van der Waals surface area (Å²) in [7, 11) is -2.93. The van der Waals surface area contributed by atoms with Crippen LogP contribution in [0.5, 0.6) is 0 Å². The number of carboxylic acid groups (broad SMARTS) is 1. The molecule has 2 rings (SSSR count). The van der Waals surface area contributed by atoms with Gasteiger partial charge in [0.1, 0.15) is 6.04 Å². The van der Waals surface area contributed by atoms with Crippen LogP contribution in [0.1, 0.15) is 19.8 Å². The predicted octanol–water partition coefficient (Wildman–Crippen LogP) is -0.0315. The lowest BCUT2D eigenvalue weighted by Gasteiger charge is -2.28. The Morgan fingerprint density at radius 3 is 2.56 bits per heavy atom. The molecule has 0 saturated carbocycles. The Hall–Kier alpha value is -0.620. The first-order valence-electron chi connectivity index (χ1n) is 5.60. The zero-order valence-electron chi connectivity index (χ0n) is 9.30. The maximum Gasteiger partial charge on any atom is 0.321 e. The second-order valence-corrected chi connectivity index (χ2v) is 7.07. The molecule has 2 saturated heterocycles. The number of aliphatic carboxylic acids is 1. The van der Waals surface area contributed by atoms with Crippen molar-refractivity contribution in [2.75, 3.05) is 18.1 Å². The van der Waals surface area contributed by atoms with E-state index in [1.54, 1.807) is 0 Å². The maximum absolute atomic E-state index is 11.4. The van der Waals surface area contributed by atoms with E-state index in [2.05, 4.69) is 0 Å². The van der Waals surface area contributed by atoms with Crippen molar-refractivity contribution < 1.29 is 18.3 Å². The molecule has 16 heavy (non-hydrogen) atoms. The van der Waals surface area contributed by atoms with Crippen molar-refractivity contribution in [3.05, 3.63) is 0 Å². The summed E-state index contributed by atoms with van der Waals surface area (Å²) in [5.74, 6) is -0.381. The molecule has 0 aliphatic carbocycles. The van der Waals surface area contributed by atoms with Gasteiger partial charge in [-0.15, -0.1) is 0 Å². The molecular formula is C10H17NO4S. The fourth-order valence-corrected chi connectivity index (χ4v) is 4.55. The molecule has 0 aromatic rings. The monoisotopic (exact) mass is 247 g/mol. The summed E-state index contributed by atoms with van der Waals surface area (Å²) in [6.07, 6.45) is 1.42. The minimum atomic E-state index is -2.93. The molecule has 3 unspecified atom stereocenters. The van der Waals surface area contributed by atoms with Crippen molar-refractivity contribution in [3.63, 3.8) is 0 Å². The van der Waals surface area contributed by atoms with E-state index in [4.69, 9.17) is 5.11 Å². The normalized spacial score (nSPS) is 38.9. The topological polar surface area (TPSA) is 74.7 Å². The Bertz CT molecular complexity index is 392. The molecule has 0 aromatic carbocycles. The van der Waals surface area contributed by atoms with Crippen LogP contribution in [0, 0.1) is 5.92 Å².